The van der Waals surface area contributed by atoms with Crippen LogP contribution in [0.1, 0.15) is 22.6 Å². The molecule has 0 bridgehead atoms. The highest BCUT2D eigenvalue weighted by atomic mass is 16.5. The van der Waals surface area contributed by atoms with Crippen molar-refractivity contribution in [3.63, 3.8) is 0 Å². The molecule has 1 aliphatic carbocycles. The van der Waals surface area contributed by atoms with E-state index in [2.05, 4.69) is 30.3 Å². The minimum absolute atomic E-state index is 0.159. The Balaban J connectivity index is 1.75. The lowest BCUT2D eigenvalue weighted by atomic mass is 9.72. The molecule has 2 heteroatoms. The third-order valence-corrected chi connectivity index (χ3v) is 4.06. The Kier molecular flexibility index (Phi) is 3.26. The number of benzene rings is 2. The van der Waals surface area contributed by atoms with Crippen LogP contribution in [0, 0.1) is 0 Å². The summed E-state index contributed by atoms with van der Waals surface area (Å²) < 4.78 is 5.39. The second kappa shape index (κ2) is 5.06. The number of methoxy groups -OCH3 is 1. The molecule has 0 fully saturated rings. The van der Waals surface area contributed by atoms with Crippen molar-refractivity contribution in [2.24, 2.45) is 5.73 Å². The van der Waals surface area contributed by atoms with Crippen LogP contribution in [0.15, 0.2) is 48.5 Å². The Morgan fingerprint density at radius 2 is 1.89 bits per heavy atom. The van der Waals surface area contributed by atoms with Crippen molar-refractivity contribution in [2.75, 3.05) is 7.11 Å². The van der Waals surface area contributed by atoms with Gasteiger partial charge in [-0.05, 0) is 35.6 Å². The Morgan fingerprint density at radius 3 is 2.68 bits per heavy atom. The van der Waals surface area contributed by atoms with Crippen molar-refractivity contribution < 1.29 is 4.74 Å². The van der Waals surface area contributed by atoms with Crippen LogP contribution in [0.3, 0.4) is 0 Å². The molecule has 0 aliphatic heterocycles. The molecule has 0 radical (unpaired) electrons. The quantitative estimate of drug-likeness (QED) is 0.909. The molecule has 2 unspecified atom stereocenters. The van der Waals surface area contributed by atoms with Crippen molar-refractivity contribution in [1.82, 2.24) is 0 Å². The van der Waals surface area contributed by atoms with Crippen LogP contribution in [0.2, 0.25) is 0 Å². The molecule has 98 valence electrons. The molecule has 2 N–H and O–H groups in total. The highest BCUT2D eigenvalue weighted by Gasteiger charge is 2.30. The standard InChI is InChI=1S/C17H19NO/c1-19-17-9-5-3-7-13(17)11-16(18)15-10-12-6-2-4-8-14(12)15/h2-9,15-16H,10-11,18H2,1H3. The number of hydrogen-bond acceptors (Lipinski definition) is 2. The van der Waals surface area contributed by atoms with Crippen molar-refractivity contribution in [1.29, 1.82) is 0 Å². The first-order valence-electron chi connectivity index (χ1n) is 6.75. The maximum absolute atomic E-state index is 6.39. The summed E-state index contributed by atoms with van der Waals surface area (Å²) in [4.78, 5) is 0. The molecule has 0 spiro atoms. The van der Waals surface area contributed by atoms with E-state index in [1.54, 1.807) is 7.11 Å². The third-order valence-electron chi connectivity index (χ3n) is 4.06. The van der Waals surface area contributed by atoms with Crippen molar-refractivity contribution in [3.8, 4) is 5.75 Å². The van der Waals surface area contributed by atoms with Gasteiger partial charge < -0.3 is 10.5 Å². The monoisotopic (exact) mass is 253 g/mol. The summed E-state index contributed by atoms with van der Waals surface area (Å²) in [5.74, 6) is 1.42. The lowest BCUT2D eigenvalue weighted by Gasteiger charge is -2.35. The topological polar surface area (TPSA) is 35.2 Å². The van der Waals surface area contributed by atoms with E-state index in [1.165, 1.54) is 16.7 Å². The summed E-state index contributed by atoms with van der Waals surface area (Å²) in [6, 6.07) is 16.9. The second-order valence-electron chi connectivity index (χ2n) is 5.19. The number of para-hydroxylation sites is 1. The molecule has 0 aromatic heterocycles. The maximum Gasteiger partial charge on any atom is 0.122 e. The Bertz CT molecular complexity index is 579. The fraction of sp³-hybridized carbons (Fsp3) is 0.294. The fourth-order valence-electron chi connectivity index (χ4n) is 2.95. The van der Waals surface area contributed by atoms with Gasteiger partial charge in [-0.1, -0.05) is 42.5 Å². The van der Waals surface area contributed by atoms with E-state index in [-0.39, 0.29) is 6.04 Å². The zero-order chi connectivity index (χ0) is 13.2. The average Bonchev–Trinajstić information content (AvgIpc) is 2.41. The van der Waals surface area contributed by atoms with Gasteiger partial charge in [0.25, 0.3) is 0 Å². The molecule has 19 heavy (non-hydrogen) atoms. The predicted octanol–water partition coefficient (Wildman–Crippen LogP) is 2.90. The molecular weight excluding hydrogens is 234 g/mol. The van der Waals surface area contributed by atoms with E-state index in [9.17, 15) is 0 Å². The smallest absolute Gasteiger partial charge is 0.122 e. The Hall–Kier alpha value is -1.80. The molecule has 2 aromatic carbocycles. The molecule has 0 heterocycles. The van der Waals surface area contributed by atoms with E-state index in [0.717, 1.165) is 18.6 Å². The Morgan fingerprint density at radius 1 is 1.16 bits per heavy atom. The van der Waals surface area contributed by atoms with E-state index < -0.39 is 0 Å². The van der Waals surface area contributed by atoms with E-state index in [1.807, 2.05) is 18.2 Å². The highest BCUT2D eigenvalue weighted by molar-refractivity contribution is 5.42. The van der Waals surface area contributed by atoms with Gasteiger partial charge in [-0.25, -0.2) is 0 Å². The third kappa shape index (κ3) is 2.24. The number of nitrogens with two attached hydrogens (primary N) is 1. The summed E-state index contributed by atoms with van der Waals surface area (Å²) in [5.41, 5.74) is 10.5. The van der Waals surface area contributed by atoms with Gasteiger partial charge in [0, 0.05) is 12.0 Å². The van der Waals surface area contributed by atoms with Crippen LogP contribution in [0.25, 0.3) is 0 Å². The number of ether oxygens (including phenoxy) is 1. The molecule has 0 saturated heterocycles. The van der Waals surface area contributed by atoms with E-state index in [0.29, 0.717) is 5.92 Å². The van der Waals surface area contributed by atoms with Gasteiger partial charge in [0.15, 0.2) is 0 Å². The molecule has 3 rings (SSSR count). The van der Waals surface area contributed by atoms with Crippen molar-refractivity contribution in [3.05, 3.63) is 65.2 Å². The second-order valence-corrected chi connectivity index (χ2v) is 5.19. The van der Waals surface area contributed by atoms with Crippen molar-refractivity contribution >= 4 is 0 Å². The van der Waals surface area contributed by atoms with Gasteiger partial charge in [0.1, 0.15) is 5.75 Å². The highest BCUT2D eigenvalue weighted by Crippen LogP contribution is 2.38. The van der Waals surface area contributed by atoms with Gasteiger partial charge in [0.05, 0.1) is 7.11 Å². The Labute approximate surface area is 114 Å². The first-order chi connectivity index (χ1) is 9.29. The number of fused-ring (bicyclic) bond motifs is 1. The van der Waals surface area contributed by atoms with Crippen molar-refractivity contribution in [2.45, 2.75) is 24.8 Å². The minimum atomic E-state index is 0.159. The van der Waals surface area contributed by atoms with E-state index >= 15 is 0 Å². The van der Waals surface area contributed by atoms with Crippen LogP contribution in [0.5, 0.6) is 5.75 Å². The molecule has 0 saturated carbocycles. The van der Waals surface area contributed by atoms with E-state index in [4.69, 9.17) is 10.5 Å². The first-order valence-corrected chi connectivity index (χ1v) is 6.75. The minimum Gasteiger partial charge on any atom is -0.496 e. The van der Waals surface area contributed by atoms with Crippen LogP contribution in [-0.4, -0.2) is 13.2 Å². The van der Waals surface area contributed by atoms with Gasteiger partial charge >= 0.3 is 0 Å². The molecular formula is C17H19NO. The average molecular weight is 253 g/mol. The fourth-order valence-corrected chi connectivity index (χ4v) is 2.95. The number of hydrogen-bond donors (Lipinski definition) is 1. The summed E-state index contributed by atoms with van der Waals surface area (Å²) >= 11 is 0. The molecule has 2 aromatic rings. The lowest BCUT2D eigenvalue weighted by Crippen LogP contribution is -2.37. The maximum atomic E-state index is 6.39. The largest absolute Gasteiger partial charge is 0.496 e. The van der Waals surface area contributed by atoms with Gasteiger partial charge in [-0.15, -0.1) is 0 Å². The zero-order valence-corrected chi connectivity index (χ0v) is 11.2. The number of rotatable bonds is 4. The van der Waals surface area contributed by atoms with Gasteiger partial charge in [0.2, 0.25) is 0 Å². The summed E-state index contributed by atoms with van der Waals surface area (Å²) in [5, 5.41) is 0. The van der Waals surface area contributed by atoms with Gasteiger partial charge in [-0.2, -0.15) is 0 Å². The molecule has 2 nitrogen and oxygen atoms in total. The molecule has 1 aliphatic rings. The summed E-state index contributed by atoms with van der Waals surface area (Å²) in [7, 11) is 1.71. The SMILES string of the molecule is COc1ccccc1CC(N)C1Cc2ccccc21. The van der Waals surface area contributed by atoms with Crippen LogP contribution >= 0.6 is 0 Å². The van der Waals surface area contributed by atoms with Crippen LogP contribution in [0.4, 0.5) is 0 Å². The normalized spacial score (nSPS) is 18.3. The van der Waals surface area contributed by atoms with Gasteiger partial charge in [-0.3, -0.25) is 0 Å². The predicted molar refractivity (Wildman–Crippen MR) is 77.6 cm³/mol. The zero-order valence-electron chi connectivity index (χ0n) is 11.2. The first kappa shape index (κ1) is 12.2. The van der Waals surface area contributed by atoms with Crippen LogP contribution < -0.4 is 10.5 Å². The lowest BCUT2D eigenvalue weighted by molar-refractivity contribution is 0.403. The summed E-state index contributed by atoms with van der Waals surface area (Å²) in [6.07, 6.45) is 1.97. The molecule has 2 atom stereocenters. The summed E-state index contributed by atoms with van der Waals surface area (Å²) in [6.45, 7) is 0. The molecule has 0 amide bonds. The van der Waals surface area contributed by atoms with Crippen LogP contribution in [-0.2, 0) is 12.8 Å².